The number of nitrogens with zero attached hydrogens (tertiary/aromatic N) is 4. The number of piperazine rings is 1. The number of aromatic nitrogens is 2. The highest BCUT2D eigenvalue weighted by Gasteiger charge is 2.36. The van der Waals surface area contributed by atoms with Crippen LogP contribution in [0.4, 0.5) is 8.78 Å². The molecule has 2 heterocycles. The van der Waals surface area contributed by atoms with Gasteiger partial charge in [0.05, 0.1) is 6.04 Å². The second-order valence-electron chi connectivity index (χ2n) is 13.5. The van der Waals surface area contributed by atoms with Gasteiger partial charge in [-0.05, 0) is 75.8 Å². The maximum absolute atomic E-state index is 15.7. The Morgan fingerprint density at radius 2 is 1.72 bits per heavy atom. The van der Waals surface area contributed by atoms with E-state index in [-0.39, 0.29) is 41.5 Å². The number of hydrogen-bond acceptors (Lipinski definition) is 6. The van der Waals surface area contributed by atoms with Crippen LogP contribution in [0.5, 0.6) is 0 Å². The molecule has 1 aromatic carbocycles. The Hall–Kier alpha value is -3.67. The van der Waals surface area contributed by atoms with E-state index in [4.69, 9.17) is 0 Å². The molecular formula is C35H50F2N6O4. The first kappa shape index (κ1) is 36.2. The van der Waals surface area contributed by atoms with Crippen LogP contribution in [-0.4, -0.2) is 94.1 Å². The van der Waals surface area contributed by atoms with Crippen LogP contribution < -0.4 is 10.6 Å². The number of Topliss-reactive ketones (excluding diaryl/α,β-unsaturated/α-hetero) is 1. The molecule has 0 bridgehead atoms. The van der Waals surface area contributed by atoms with Crippen LogP contribution >= 0.6 is 0 Å². The minimum absolute atomic E-state index is 0.0615. The van der Waals surface area contributed by atoms with Crippen molar-refractivity contribution < 1.29 is 28.0 Å². The van der Waals surface area contributed by atoms with Crippen LogP contribution in [0.2, 0.25) is 0 Å². The predicted octanol–water partition coefficient (Wildman–Crippen LogP) is 3.89. The molecule has 2 fully saturated rings. The van der Waals surface area contributed by atoms with Crippen LogP contribution in [0.3, 0.4) is 0 Å². The molecule has 1 aliphatic carbocycles. The lowest BCUT2D eigenvalue weighted by Crippen LogP contribution is -2.58. The molecule has 1 aromatic heterocycles. The number of alkyl halides is 1. The largest absolute Gasteiger partial charge is 0.341 e. The standard InChI is InChI=1S/C35H50F2N6O4/c1-7-43-29(14-15-38-43)34(46)40-32(25-10-8-21(2)9-11-25)30(44)19-27-13-12-26(18-28(27)37)23(4)31(39-33(45)24(5)36)35(47)42-17-16-41(6)22(3)20-42/h12-15,18,21-25,31-32H,7-11,16-17,19-20H2,1-6H3,(H,39,45)(H,40,46)/t21?,22-,23-,24?,25?,31?,32-/m0/s1. The van der Waals surface area contributed by atoms with Gasteiger partial charge in [0.2, 0.25) is 5.91 Å². The van der Waals surface area contributed by atoms with E-state index in [0.717, 1.165) is 32.6 Å². The SMILES string of the molecule is CCn1nccc1C(=O)N[C@H](C(=O)Cc1ccc([C@H](C)C(NC(=O)C(C)F)C(=O)N2CCN(C)[C@@H](C)C2)cc1F)C1CCC(C)CC1. The normalized spacial score (nSPS) is 23.0. The lowest BCUT2D eigenvalue weighted by Gasteiger charge is -2.40. The Morgan fingerprint density at radius 1 is 1.02 bits per heavy atom. The summed E-state index contributed by atoms with van der Waals surface area (Å²) in [7, 11) is 1.97. The molecule has 0 spiro atoms. The van der Waals surface area contributed by atoms with Crippen molar-refractivity contribution in [1.82, 2.24) is 30.2 Å². The van der Waals surface area contributed by atoms with Crippen LogP contribution in [0.25, 0.3) is 0 Å². The fourth-order valence-electron chi connectivity index (χ4n) is 6.67. The molecule has 10 nitrogen and oxygen atoms in total. The maximum atomic E-state index is 15.7. The molecular weight excluding hydrogens is 606 g/mol. The van der Waals surface area contributed by atoms with Crippen LogP contribution in [0, 0.1) is 17.7 Å². The molecule has 258 valence electrons. The van der Waals surface area contributed by atoms with E-state index in [2.05, 4.69) is 27.6 Å². The van der Waals surface area contributed by atoms with Gasteiger partial charge in [-0.15, -0.1) is 0 Å². The van der Waals surface area contributed by atoms with Gasteiger partial charge in [0, 0.05) is 50.8 Å². The molecule has 0 radical (unpaired) electrons. The zero-order valence-corrected chi connectivity index (χ0v) is 28.5. The molecule has 2 aromatic rings. The number of carbonyl (C=O) groups excluding carboxylic acids is 4. The number of nitrogens with one attached hydrogen (secondary N) is 2. The lowest BCUT2D eigenvalue weighted by atomic mass is 9.77. The molecule has 1 saturated carbocycles. The Kier molecular flexibility index (Phi) is 12.3. The van der Waals surface area contributed by atoms with E-state index in [1.54, 1.807) is 34.8 Å². The van der Waals surface area contributed by atoms with E-state index in [0.29, 0.717) is 43.4 Å². The van der Waals surface area contributed by atoms with E-state index in [1.807, 2.05) is 20.9 Å². The van der Waals surface area contributed by atoms with Gasteiger partial charge in [-0.2, -0.15) is 5.10 Å². The zero-order chi connectivity index (χ0) is 34.4. The van der Waals surface area contributed by atoms with Crippen molar-refractivity contribution in [3.8, 4) is 0 Å². The number of amides is 3. The molecule has 2 N–H and O–H groups in total. The van der Waals surface area contributed by atoms with Gasteiger partial charge in [-0.25, -0.2) is 8.78 Å². The first-order chi connectivity index (χ1) is 22.3. The van der Waals surface area contributed by atoms with Crippen molar-refractivity contribution in [3.05, 3.63) is 53.1 Å². The molecule has 12 heteroatoms. The van der Waals surface area contributed by atoms with Crippen LogP contribution in [0.1, 0.15) is 87.8 Å². The van der Waals surface area contributed by atoms with Gasteiger partial charge in [0.25, 0.3) is 11.8 Å². The molecule has 4 rings (SSSR count). The highest BCUT2D eigenvalue weighted by Crippen LogP contribution is 2.32. The second kappa shape index (κ2) is 16.0. The number of rotatable bonds is 12. The summed E-state index contributed by atoms with van der Waals surface area (Å²) < 4.78 is 31.2. The van der Waals surface area contributed by atoms with Crippen LogP contribution in [0.15, 0.2) is 30.5 Å². The predicted molar refractivity (Wildman–Crippen MR) is 175 cm³/mol. The van der Waals surface area contributed by atoms with Crippen molar-refractivity contribution in [1.29, 1.82) is 0 Å². The number of ketones is 1. The number of carbonyl (C=O) groups is 4. The highest BCUT2D eigenvalue weighted by molar-refractivity contribution is 5.97. The zero-order valence-electron chi connectivity index (χ0n) is 28.5. The summed E-state index contributed by atoms with van der Waals surface area (Å²) in [4.78, 5) is 56.9. The molecule has 1 aliphatic heterocycles. The van der Waals surface area contributed by atoms with Gasteiger partial charge < -0.3 is 20.4 Å². The van der Waals surface area contributed by atoms with Gasteiger partial charge >= 0.3 is 0 Å². The number of benzene rings is 1. The van der Waals surface area contributed by atoms with Crippen molar-refractivity contribution >= 4 is 23.5 Å². The smallest absolute Gasteiger partial charge is 0.270 e. The van der Waals surface area contributed by atoms with Gasteiger partial charge in [-0.3, -0.25) is 23.9 Å². The first-order valence-corrected chi connectivity index (χ1v) is 16.9. The van der Waals surface area contributed by atoms with E-state index < -0.39 is 35.9 Å². The fourth-order valence-corrected chi connectivity index (χ4v) is 6.67. The van der Waals surface area contributed by atoms with E-state index in [9.17, 15) is 23.6 Å². The second-order valence-corrected chi connectivity index (χ2v) is 13.5. The molecule has 3 amide bonds. The maximum Gasteiger partial charge on any atom is 0.270 e. The Labute approximate surface area is 276 Å². The molecule has 47 heavy (non-hydrogen) atoms. The summed E-state index contributed by atoms with van der Waals surface area (Å²) in [6, 6.07) is 4.28. The minimum atomic E-state index is -1.82. The van der Waals surface area contributed by atoms with E-state index >= 15 is 4.39 Å². The highest BCUT2D eigenvalue weighted by atomic mass is 19.1. The summed E-state index contributed by atoms with van der Waals surface area (Å²) in [5.41, 5.74) is 0.971. The molecule has 1 saturated heterocycles. The van der Waals surface area contributed by atoms with Crippen molar-refractivity contribution in [3.63, 3.8) is 0 Å². The summed E-state index contributed by atoms with van der Waals surface area (Å²) in [6.45, 7) is 10.9. The van der Waals surface area contributed by atoms with Crippen LogP contribution in [-0.2, 0) is 27.3 Å². The Bertz CT molecular complexity index is 1420. The summed E-state index contributed by atoms with van der Waals surface area (Å²) in [5, 5.41) is 9.67. The van der Waals surface area contributed by atoms with Crippen molar-refractivity contribution in [2.45, 2.75) is 103 Å². The van der Waals surface area contributed by atoms with Crippen molar-refractivity contribution in [2.75, 3.05) is 26.7 Å². The monoisotopic (exact) mass is 656 g/mol. The lowest BCUT2D eigenvalue weighted by molar-refractivity contribution is -0.140. The fraction of sp³-hybridized carbons (Fsp3) is 0.629. The molecule has 5 atom stereocenters. The summed E-state index contributed by atoms with van der Waals surface area (Å²) in [5.74, 6) is -2.75. The number of likely N-dealkylation sites (N-methyl/N-ethyl adjacent to an activating group) is 1. The Morgan fingerprint density at radius 3 is 2.34 bits per heavy atom. The average Bonchev–Trinajstić information content (AvgIpc) is 3.53. The minimum Gasteiger partial charge on any atom is -0.341 e. The van der Waals surface area contributed by atoms with Gasteiger partial charge in [-0.1, -0.05) is 38.8 Å². The topological polar surface area (TPSA) is 117 Å². The first-order valence-electron chi connectivity index (χ1n) is 16.9. The summed E-state index contributed by atoms with van der Waals surface area (Å²) in [6.07, 6.45) is 2.97. The van der Waals surface area contributed by atoms with Gasteiger partial charge in [0.15, 0.2) is 12.0 Å². The van der Waals surface area contributed by atoms with Crippen molar-refractivity contribution in [2.24, 2.45) is 11.8 Å². The number of halogens is 2. The molecule has 2 aliphatic rings. The number of hydrogen-bond donors (Lipinski definition) is 2. The van der Waals surface area contributed by atoms with Gasteiger partial charge in [0.1, 0.15) is 17.6 Å². The third kappa shape index (κ3) is 8.82. The average molecular weight is 657 g/mol. The third-order valence-electron chi connectivity index (χ3n) is 10.1. The van der Waals surface area contributed by atoms with E-state index in [1.165, 1.54) is 12.1 Å². The Balaban J connectivity index is 1.53. The quantitative estimate of drug-likeness (QED) is 0.358. The number of aryl methyl sites for hydroxylation is 1. The molecule has 2 unspecified atom stereocenters. The third-order valence-corrected chi connectivity index (χ3v) is 10.1. The summed E-state index contributed by atoms with van der Waals surface area (Å²) >= 11 is 0.